The third kappa shape index (κ3) is 5.08. The standard InChI is InChI=1S/C21H25N3O7/c25-12-17(27)22-10-3-1-2-4-11-31-15-7-5-6-13-18(15)21(30)24(20(13)29)14-8-9-16(26)23-19(14)28/h5-7,14,25H,1-4,8-12H2,(H,22,27)(H,23,26,28). The summed E-state index contributed by atoms with van der Waals surface area (Å²) < 4.78 is 5.75. The van der Waals surface area contributed by atoms with Crippen molar-refractivity contribution in [2.24, 2.45) is 0 Å². The van der Waals surface area contributed by atoms with Gasteiger partial charge in [0.1, 0.15) is 18.4 Å². The second-order valence-corrected chi connectivity index (χ2v) is 7.40. The van der Waals surface area contributed by atoms with Gasteiger partial charge in [-0.15, -0.1) is 0 Å². The van der Waals surface area contributed by atoms with Crippen LogP contribution >= 0.6 is 0 Å². The summed E-state index contributed by atoms with van der Waals surface area (Å²) in [6.45, 7) is 0.329. The molecule has 0 aliphatic carbocycles. The van der Waals surface area contributed by atoms with E-state index in [1.54, 1.807) is 12.1 Å². The summed E-state index contributed by atoms with van der Waals surface area (Å²) in [7, 11) is 0. The topological polar surface area (TPSA) is 142 Å². The third-order valence-corrected chi connectivity index (χ3v) is 5.22. The number of hydrogen-bond acceptors (Lipinski definition) is 7. The summed E-state index contributed by atoms with van der Waals surface area (Å²) in [6.07, 6.45) is 3.38. The Morgan fingerprint density at radius 1 is 1.13 bits per heavy atom. The average Bonchev–Trinajstić information content (AvgIpc) is 3.01. The zero-order valence-corrected chi connectivity index (χ0v) is 17.0. The van der Waals surface area contributed by atoms with E-state index in [4.69, 9.17) is 9.84 Å². The first-order chi connectivity index (χ1) is 14.9. The number of nitrogens with one attached hydrogen (secondary N) is 2. The van der Waals surface area contributed by atoms with Crippen LogP contribution in [-0.4, -0.2) is 65.3 Å². The van der Waals surface area contributed by atoms with E-state index in [1.807, 2.05) is 0 Å². The van der Waals surface area contributed by atoms with Gasteiger partial charge in [0.25, 0.3) is 11.8 Å². The number of hydrogen-bond donors (Lipinski definition) is 3. The zero-order valence-electron chi connectivity index (χ0n) is 17.0. The lowest BCUT2D eigenvalue weighted by molar-refractivity contribution is -0.136. The highest BCUT2D eigenvalue weighted by Crippen LogP contribution is 2.33. The molecule has 10 nitrogen and oxygen atoms in total. The molecule has 2 aliphatic heterocycles. The third-order valence-electron chi connectivity index (χ3n) is 5.22. The van der Waals surface area contributed by atoms with Gasteiger partial charge in [-0.05, 0) is 31.4 Å². The number of piperidine rings is 1. The highest BCUT2D eigenvalue weighted by Gasteiger charge is 2.45. The minimum absolute atomic E-state index is 0.0663. The molecule has 2 aliphatic rings. The van der Waals surface area contributed by atoms with Crippen LogP contribution in [-0.2, 0) is 14.4 Å². The predicted octanol–water partition coefficient (Wildman–Crippen LogP) is 0.136. The summed E-state index contributed by atoms with van der Waals surface area (Å²) in [5.74, 6) is -2.33. The molecule has 0 saturated carbocycles. The molecule has 0 radical (unpaired) electrons. The van der Waals surface area contributed by atoms with Gasteiger partial charge in [0.15, 0.2) is 0 Å². The normalized spacial score (nSPS) is 18.1. The number of rotatable bonds is 10. The molecular weight excluding hydrogens is 406 g/mol. The predicted molar refractivity (Wildman–Crippen MR) is 107 cm³/mol. The van der Waals surface area contributed by atoms with E-state index < -0.39 is 42.2 Å². The van der Waals surface area contributed by atoms with Crippen LogP contribution in [0, 0.1) is 0 Å². The van der Waals surface area contributed by atoms with Crippen LogP contribution in [0.5, 0.6) is 5.75 Å². The molecule has 31 heavy (non-hydrogen) atoms. The number of aliphatic hydroxyl groups is 1. The molecule has 0 bridgehead atoms. The van der Waals surface area contributed by atoms with Gasteiger partial charge in [-0.1, -0.05) is 18.9 Å². The Morgan fingerprint density at radius 3 is 2.65 bits per heavy atom. The molecule has 5 amide bonds. The van der Waals surface area contributed by atoms with Crippen molar-refractivity contribution in [1.29, 1.82) is 0 Å². The molecule has 10 heteroatoms. The van der Waals surface area contributed by atoms with Crippen LogP contribution in [0.2, 0.25) is 0 Å². The van der Waals surface area contributed by atoms with E-state index in [0.29, 0.717) is 18.9 Å². The molecule has 1 fully saturated rings. The van der Waals surface area contributed by atoms with Crippen molar-refractivity contribution in [2.45, 2.75) is 44.6 Å². The number of aliphatic hydroxyl groups excluding tert-OH is 1. The van der Waals surface area contributed by atoms with Crippen molar-refractivity contribution >= 4 is 29.5 Å². The summed E-state index contributed by atoms with van der Waals surface area (Å²) in [5.41, 5.74) is 0.329. The van der Waals surface area contributed by atoms with E-state index >= 15 is 0 Å². The zero-order chi connectivity index (χ0) is 22.4. The highest BCUT2D eigenvalue weighted by atomic mass is 16.5. The Hall–Kier alpha value is -3.27. The van der Waals surface area contributed by atoms with Crippen molar-refractivity contribution in [3.8, 4) is 5.75 Å². The van der Waals surface area contributed by atoms with Crippen LogP contribution in [0.1, 0.15) is 59.2 Å². The molecule has 1 aromatic carbocycles. The molecule has 3 N–H and O–H groups in total. The maximum atomic E-state index is 12.9. The molecule has 3 rings (SSSR count). The van der Waals surface area contributed by atoms with Crippen LogP contribution < -0.4 is 15.4 Å². The van der Waals surface area contributed by atoms with Crippen molar-refractivity contribution in [1.82, 2.24) is 15.5 Å². The SMILES string of the molecule is O=C(CO)NCCCCCCOc1cccc2c1C(=O)N(C1CCC(=O)NC1=O)C2=O. The molecular formula is C21H25N3O7. The molecule has 1 saturated heterocycles. The Labute approximate surface area is 178 Å². The van der Waals surface area contributed by atoms with Crippen LogP contribution in [0.4, 0.5) is 0 Å². The molecule has 0 aromatic heterocycles. The molecule has 2 heterocycles. The molecule has 0 spiro atoms. The van der Waals surface area contributed by atoms with Crippen molar-refractivity contribution < 1.29 is 33.8 Å². The van der Waals surface area contributed by atoms with Gasteiger partial charge in [0, 0.05) is 13.0 Å². The lowest BCUT2D eigenvalue weighted by atomic mass is 10.0. The lowest BCUT2D eigenvalue weighted by Crippen LogP contribution is -2.54. The first-order valence-electron chi connectivity index (χ1n) is 10.3. The Kier molecular flexibility index (Phi) is 7.35. The number of benzene rings is 1. The average molecular weight is 431 g/mol. The molecule has 1 aromatic rings. The van der Waals surface area contributed by atoms with E-state index in [9.17, 15) is 24.0 Å². The summed E-state index contributed by atoms with van der Waals surface area (Å²) in [5, 5.41) is 13.4. The van der Waals surface area contributed by atoms with Gasteiger partial charge in [-0.25, -0.2) is 0 Å². The van der Waals surface area contributed by atoms with Gasteiger partial charge >= 0.3 is 0 Å². The number of amides is 5. The first kappa shape index (κ1) is 22.4. The van der Waals surface area contributed by atoms with E-state index in [2.05, 4.69) is 10.6 Å². The van der Waals surface area contributed by atoms with Crippen LogP contribution in [0.15, 0.2) is 18.2 Å². The quantitative estimate of drug-likeness (QED) is 0.353. The number of carbonyl (C=O) groups excluding carboxylic acids is 5. The summed E-state index contributed by atoms with van der Waals surface area (Å²) >= 11 is 0. The van der Waals surface area contributed by atoms with Gasteiger partial charge in [-0.2, -0.15) is 0 Å². The minimum atomic E-state index is -1.01. The van der Waals surface area contributed by atoms with Gasteiger partial charge < -0.3 is 15.2 Å². The summed E-state index contributed by atoms with van der Waals surface area (Å²) in [4.78, 5) is 61.1. The molecule has 1 atom stereocenters. The van der Waals surface area contributed by atoms with E-state index in [-0.39, 0.29) is 24.0 Å². The van der Waals surface area contributed by atoms with Gasteiger partial charge in [0.2, 0.25) is 17.7 Å². The smallest absolute Gasteiger partial charge is 0.266 e. The number of unbranched alkanes of at least 4 members (excludes halogenated alkanes) is 3. The van der Waals surface area contributed by atoms with Crippen molar-refractivity contribution in [3.05, 3.63) is 29.3 Å². The van der Waals surface area contributed by atoms with Gasteiger partial charge in [-0.3, -0.25) is 34.2 Å². The summed E-state index contributed by atoms with van der Waals surface area (Å²) in [6, 6.07) is 3.75. The molecule has 166 valence electrons. The van der Waals surface area contributed by atoms with Crippen molar-refractivity contribution in [3.63, 3.8) is 0 Å². The number of ether oxygens (including phenoxy) is 1. The van der Waals surface area contributed by atoms with Crippen molar-refractivity contribution in [2.75, 3.05) is 19.8 Å². The highest BCUT2D eigenvalue weighted by molar-refractivity contribution is 6.24. The fourth-order valence-corrected chi connectivity index (χ4v) is 3.65. The largest absolute Gasteiger partial charge is 0.493 e. The fraction of sp³-hybridized carbons (Fsp3) is 0.476. The van der Waals surface area contributed by atoms with E-state index in [1.165, 1.54) is 6.07 Å². The van der Waals surface area contributed by atoms with E-state index in [0.717, 1.165) is 30.6 Å². The minimum Gasteiger partial charge on any atom is -0.493 e. The fourth-order valence-electron chi connectivity index (χ4n) is 3.65. The number of fused-ring (bicyclic) bond motifs is 1. The Bertz CT molecular complexity index is 899. The maximum Gasteiger partial charge on any atom is 0.266 e. The van der Waals surface area contributed by atoms with Gasteiger partial charge in [0.05, 0.1) is 17.7 Å². The Balaban J connectivity index is 1.54. The monoisotopic (exact) mass is 431 g/mol. The second-order valence-electron chi connectivity index (χ2n) is 7.40. The number of imide groups is 2. The second kappa shape index (κ2) is 10.2. The van der Waals surface area contributed by atoms with Crippen LogP contribution in [0.25, 0.3) is 0 Å². The first-order valence-corrected chi connectivity index (χ1v) is 10.3. The lowest BCUT2D eigenvalue weighted by Gasteiger charge is -2.27. The maximum absolute atomic E-state index is 12.9. The number of carbonyl (C=O) groups is 5. The molecule has 1 unspecified atom stereocenters. The van der Waals surface area contributed by atoms with Crippen LogP contribution in [0.3, 0.4) is 0 Å². The number of nitrogens with zero attached hydrogens (tertiary/aromatic N) is 1. The Morgan fingerprint density at radius 2 is 1.90 bits per heavy atom.